The van der Waals surface area contributed by atoms with Gasteiger partial charge in [0.15, 0.2) is 6.20 Å². The van der Waals surface area contributed by atoms with E-state index in [2.05, 4.69) is 4.99 Å². The maximum Gasteiger partial charge on any atom is 0.295 e. The molecule has 1 unspecified atom stereocenters. The predicted octanol–water partition coefficient (Wildman–Crippen LogP) is 0.967. The fraction of sp³-hybridized carbons (Fsp3) is 0.308. The van der Waals surface area contributed by atoms with Crippen LogP contribution < -0.4 is 9.73 Å². The Balaban J connectivity index is 1.76. The summed E-state index contributed by atoms with van der Waals surface area (Å²) in [4.78, 5) is 6.00. The Labute approximate surface area is 101 Å². The van der Waals surface area contributed by atoms with Crippen molar-refractivity contribution >= 4 is 5.84 Å². The molecule has 1 radical (unpaired) electrons. The number of aliphatic hydroxyl groups excluding tert-OH is 1. The average molecular weight is 232 g/mol. The first-order valence-corrected chi connectivity index (χ1v) is 5.59. The number of ether oxygens (including phenoxy) is 1. The van der Waals surface area contributed by atoms with Gasteiger partial charge < -0.3 is 9.84 Å². The Hall–Kier alpha value is -1.81. The number of aliphatic hydroxyl groups is 1. The maximum absolute atomic E-state index is 9.83. The lowest BCUT2D eigenvalue weighted by Crippen LogP contribution is -2.34. The van der Waals surface area contributed by atoms with Crippen LogP contribution >= 0.6 is 0 Å². The molecule has 4 heteroatoms. The van der Waals surface area contributed by atoms with Gasteiger partial charge in [0.05, 0.1) is 0 Å². The highest BCUT2D eigenvalue weighted by Crippen LogP contribution is 2.09. The Bertz CT molecular complexity index is 415. The van der Waals surface area contributed by atoms with Crippen molar-refractivity contribution in [3.63, 3.8) is 0 Å². The topological polar surface area (TPSA) is 46.8 Å². The molecular formula is C13H16N2O2+. The molecule has 0 bridgehead atoms. The van der Waals surface area contributed by atoms with E-state index >= 15 is 0 Å². The largest absolute Gasteiger partial charge is 0.491 e. The molecule has 1 heterocycles. The highest BCUT2D eigenvalue weighted by Gasteiger charge is 2.22. The Morgan fingerprint density at radius 3 is 2.76 bits per heavy atom. The molecule has 0 aromatic heterocycles. The SMILES string of the molecule is CC1=[N+]C=CN1CC(O)COc1ccccc1. The summed E-state index contributed by atoms with van der Waals surface area (Å²) in [7, 11) is 0. The highest BCUT2D eigenvalue weighted by atomic mass is 16.5. The van der Waals surface area contributed by atoms with Crippen LogP contribution in [0.25, 0.3) is 0 Å². The van der Waals surface area contributed by atoms with Crippen LogP contribution in [-0.4, -0.2) is 35.1 Å². The van der Waals surface area contributed by atoms with Crippen LogP contribution in [-0.2, 0) is 0 Å². The van der Waals surface area contributed by atoms with E-state index < -0.39 is 6.10 Å². The standard InChI is InChI=1S/C13H16N2O2/c1-11-14-7-8-15(11)9-12(16)10-17-13-5-3-2-4-6-13/h2-8,12,16H,9-10H2,1H3/q+1. The van der Waals surface area contributed by atoms with Gasteiger partial charge in [-0.2, -0.15) is 0 Å². The second-order valence-corrected chi connectivity index (χ2v) is 3.90. The average Bonchev–Trinajstić information content (AvgIpc) is 2.74. The monoisotopic (exact) mass is 232 g/mol. The van der Waals surface area contributed by atoms with Crippen molar-refractivity contribution in [3.05, 3.63) is 42.7 Å². The number of benzene rings is 1. The van der Waals surface area contributed by atoms with Gasteiger partial charge >= 0.3 is 0 Å². The molecule has 0 aliphatic carbocycles. The van der Waals surface area contributed by atoms with Crippen molar-refractivity contribution in [2.45, 2.75) is 13.0 Å². The summed E-state index contributed by atoms with van der Waals surface area (Å²) in [6.45, 7) is 2.69. The van der Waals surface area contributed by atoms with E-state index in [1.807, 2.05) is 48.4 Å². The molecule has 0 amide bonds. The summed E-state index contributed by atoms with van der Waals surface area (Å²) in [5, 5.41) is 9.83. The molecule has 1 aromatic carbocycles. The molecule has 1 aliphatic heterocycles. The zero-order valence-electron chi connectivity index (χ0n) is 9.78. The second-order valence-electron chi connectivity index (χ2n) is 3.90. The van der Waals surface area contributed by atoms with Gasteiger partial charge in [0, 0.05) is 6.92 Å². The first kappa shape index (κ1) is 11.7. The number of rotatable bonds is 5. The van der Waals surface area contributed by atoms with Gasteiger partial charge in [-0.3, -0.25) is 0 Å². The molecule has 1 aliphatic rings. The Morgan fingerprint density at radius 1 is 1.35 bits per heavy atom. The van der Waals surface area contributed by atoms with Gasteiger partial charge in [0.2, 0.25) is 0 Å². The van der Waals surface area contributed by atoms with Crippen LogP contribution in [0.4, 0.5) is 0 Å². The summed E-state index contributed by atoms with van der Waals surface area (Å²) in [5.74, 6) is 1.66. The Kier molecular flexibility index (Phi) is 3.77. The van der Waals surface area contributed by atoms with Crippen molar-refractivity contribution in [2.24, 2.45) is 0 Å². The minimum atomic E-state index is -0.539. The number of aliphatic imine (C=N–C) groups is 1. The first-order chi connectivity index (χ1) is 8.25. The molecule has 0 spiro atoms. The molecule has 4 nitrogen and oxygen atoms in total. The van der Waals surface area contributed by atoms with E-state index in [1.54, 1.807) is 6.20 Å². The predicted molar refractivity (Wildman–Crippen MR) is 66.6 cm³/mol. The van der Waals surface area contributed by atoms with Crippen molar-refractivity contribution in [3.8, 4) is 5.75 Å². The summed E-state index contributed by atoms with van der Waals surface area (Å²) in [5.41, 5.74) is 0. The van der Waals surface area contributed by atoms with E-state index in [9.17, 15) is 5.11 Å². The first-order valence-electron chi connectivity index (χ1n) is 5.59. The molecular weight excluding hydrogens is 216 g/mol. The number of hydrogen-bond donors (Lipinski definition) is 1. The van der Waals surface area contributed by atoms with Crippen LogP contribution in [0, 0.1) is 0 Å². The Morgan fingerprint density at radius 2 is 2.12 bits per heavy atom. The van der Waals surface area contributed by atoms with Crippen molar-refractivity contribution in [1.82, 2.24) is 9.89 Å². The van der Waals surface area contributed by atoms with E-state index in [1.165, 1.54) is 0 Å². The normalized spacial score (nSPS) is 15.9. The molecule has 0 saturated carbocycles. The fourth-order valence-corrected chi connectivity index (χ4v) is 1.59. The van der Waals surface area contributed by atoms with Crippen molar-refractivity contribution < 1.29 is 9.84 Å². The number of β-amino-alcohol motifs (C(OH)–C–C–N with tert-alkyl or cyclic N) is 1. The van der Waals surface area contributed by atoms with Crippen LogP contribution in [0.5, 0.6) is 5.75 Å². The lowest BCUT2D eigenvalue weighted by Gasteiger charge is -2.14. The quantitative estimate of drug-likeness (QED) is 0.822. The van der Waals surface area contributed by atoms with Gasteiger partial charge in [0.25, 0.3) is 5.84 Å². The van der Waals surface area contributed by atoms with Crippen LogP contribution in [0.15, 0.2) is 42.7 Å². The molecule has 0 fully saturated rings. The van der Waals surface area contributed by atoms with Gasteiger partial charge in [-0.1, -0.05) is 23.2 Å². The number of nitrogens with zero attached hydrogens (tertiary/aromatic N) is 2. The maximum atomic E-state index is 9.83. The molecule has 89 valence electrons. The van der Waals surface area contributed by atoms with E-state index in [0.717, 1.165) is 11.6 Å². The molecule has 1 atom stereocenters. The molecule has 0 saturated heterocycles. The minimum absolute atomic E-state index is 0.279. The van der Waals surface area contributed by atoms with Crippen LogP contribution in [0.3, 0.4) is 0 Å². The molecule has 17 heavy (non-hydrogen) atoms. The lowest BCUT2D eigenvalue weighted by molar-refractivity contribution is 0.0949. The molecule has 1 aromatic rings. The summed E-state index contributed by atoms with van der Waals surface area (Å²) < 4.78 is 5.47. The zero-order valence-corrected chi connectivity index (χ0v) is 9.78. The van der Waals surface area contributed by atoms with Gasteiger partial charge in [0.1, 0.15) is 31.2 Å². The smallest absolute Gasteiger partial charge is 0.295 e. The summed E-state index contributed by atoms with van der Waals surface area (Å²) >= 11 is 0. The van der Waals surface area contributed by atoms with E-state index in [0.29, 0.717) is 6.54 Å². The lowest BCUT2D eigenvalue weighted by atomic mass is 10.3. The van der Waals surface area contributed by atoms with Gasteiger partial charge in [-0.15, -0.1) is 0 Å². The molecule has 2 rings (SSSR count). The number of hydrogen-bond acceptors (Lipinski definition) is 4. The van der Waals surface area contributed by atoms with E-state index in [-0.39, 0.29) is 6.61 Å². The number of amidine groups is 1. The van der Waals surface area contributed by atoms with Gasteiger partial charge in [-0.25, -0.2) is 4.90 Å². The highest BCUT2D eigenvalue weighted by molar-refractivity contribution is 5.81. The third-order valence-corrected chi connectivity index (χ3v) is 2.52. The summed E-state index contributed by atoms with van der Waals surface area (Å²) in [6, 6.07) is 9.48. The number of para-hydroxylation sites is 1. The molecule has 1 N–H and O–H groups in total. The van der Waals surface area contributed by atoms with Crippen molar-refractivity contribution in [2.75, 3.05) is 13.2 Å². The zero-order chi connectivity index (χ0) is 12.1. The summed E-state index contributed by atoms with van der Waals surface area (Å²) in [6.07, 6.45) is 3.03. The minimum Gasteiger partial charge on any atom is -0.491 e. The van der Waals surface area contributed by atoms with Crippen LogP contribution in [0.2, 0.25) is 0 Å². The third-order valence-electron chi connectivity index (χ3n) is 2.52. The fourth-order valence-electron chi connectivity index (χ4n) is 1.59. The third kappa shape index (κ3) is 3.32. The van der Waals surface area contributed by atoms with Crippen molar-refractivity contribution in [1.29, 1.82) is 0 Å². The van der Waals surface area contributed by atoms with Gasteiger partial charge in [-0.05, 0) is 12.1 Å². The second kappa shape index (κ2) is 5.50. The van der Waals surface area contributed by atoms with E-state index in [4.69, 9.17) is 4.74 Å². The van der Waals surface area contributed by atoms with Crippen LogP contribution in [0.1, 0.15) is 6.92 Å².